The molecular formula is C4H13N2O2P. The van der Waals surface area contributed by atoms with Gasteiger partial charge >= 0.3 is 0 Å². The summed E-state index contributed by atoms with van der Waals surface area (Å²) < 4.78 is 10.8. The SMILES string of the molecule is NCCP(=O)(O)CCN. The van der Waals surface area contributed by atoms with Gasteiger partial charge in [-0.2, -0.15) is 0 Å². The molecule has 56 valence electrons. The normalized spacial score (nSPS) is 11.9. The van der Waals surface area contributed by atoms with Crippen LogP contribution in [0.15, 0.2) is 0 Å². The van der Waals surface area contributed by atoms with Crippen LogP contribution in [0, 0.1) is 0 Å². The second-order valence-electron chi connectivity index (χ2n) is 1.87. The van der Waals surface area contributed by atoms with E-state index in [-0.39, 0.29) is 25.4 Å². The van der Waals surface area contributed by atoms with Crippen LogP contribution in [-0.2, 0) is 4.57 Å². The second-order valence-corrected chi connectivity index (χ2v) is 4.46. The first-order chi connectivity index (χ1) is 4.12. The quantitative estimate of drug-likeness (QED) is 0.459. The number of hydrogen-bond donors (Lipinski definition) is 3. The van der Waals surface area contributed by atoms with Gasteiger partial charge in [0.1, 0.15) is 0 Å². The zero-order valence-corrected chi connectivity index (χ0v) is 6.18. The summed E-state index contributed by atoms with van der Waals surface area (Å²) in [5.41, 5.74) is 10.1. The van der Waals surface area contributed by atoms with Crippen molar-refractivity contribution in [1.82, 2.24) is 0 Å². The standard InChI is InChI=1S/C4H13N2O2P/c5-1-3-9(7,8)4-2-6/h1-6H2,(H,7,8). The molecule has 0 heterocycles. The molecule has 0 amide bonds. The van der Waals surface area contributed by atoms with Crippen molar-refractivity contribution in [2.24, 2.45) is 11.5 Å². The molecule has 0 bridgehead atoms. The minimum atomic E-state index is -2.94. The van der Waals surface area contributed by atoms with Crippen LogP contribution in [0.2, 0.25) is 0 Å². The lowest BCUT2D eigenvalue weighted by molar-refractivity contribution is 0.478. The van der Waals surface area contributed by atoms with E-state index in [0.29, 0.717) is 0 Å². The Kier molecular flexibility index (Phi) is 4.06. The molecule has 5 N–H and O–H groups in total. The van der Waals surface area contributed by atoms with Crippen molar-refractivity contribution >= 4 is 7.37 Å². The summed E-state index contributed by atoms with van der Waals surface area (Å²) in [5.74, 6) is 0. The molecule has 0 spiro atoms. The Labute approximate surface area is 54.7 Å². The van der Waals surface area contributed by atoms with Gasteiger partial charge in [0.15, 0.2) is 0 Å². The molecule has 9 heavy (non-hydrogen) atoms. The van der Waals surface area contributed by atoms with Gasteiger partial charge in [0.05, 0.1) is 0 Å². The minimum Gasteiger partial charge on any atom is -0.344 e. The predicted molar refractivity (Wildman–Crippen MR) is 37.7 cm³/mol. The zero-order chi connectivity index (χ0) is 7.33. The van der Waals surface area contributed by atoms with Gasteiger partial charge in [-0.3, -0.25) is 4.57 Å². The maximum Gasteiger partial charge on any atom is 0.203 e. The van der Waals surface area contributed by atoms with E-state index < -0.39 is 7.37 Å². The molecule has 0 fully saturated rings. The summed E-state index contributed by atoms with van der Waals surface area (Å²) in [4.78, 5) is 8.91. The third-order valence-electron chi connectivity index (χ3n) is 0.957. The Morgan fingerprint density at radius 3 is 1.78 bits per heavy atom. The summed E-state index contributed by atoms with van der Waals surface area (Å²) in [7, 11) is -2.94. The van der Waals surface area contributed by atoms with Crippen molar-refractivity contribution in [3.63, 3.8) is 0 Å². The van der Waals surface area contributed by atoms with Gasteiger partial charge in [0, 0.05) is 25.4 Å². The molecule has 0 rings (SSSR count). The van der Waals surface area contributed by atoms with Crippen LogP contribution in [0.1, 0.15) is 0 Å². The molecule has 0 aliphatic carbocycles. The van der Waals surface area contributed by atoms with Gasteiger partial charge in [-0.15, -0.1) is 0 Å². The fourth-order valence-electron chi connectivity index (χ4n) is 0.515. The van der Waals surface area contributed by atoms with Crippen LogP contribution in [-0.4, -0.2) is 30.3 Å². The van der Waals surface area contributed by atoms with Gasteiger partial charge < -0.3 is 16.4 Å². The zero-order valence-electron chi connectivity index (χ0n) is 5.29. The second kappa shape index (κ2) is 4.01. The first kappa shape index (κ1) is 9.11. The monoisotopic (exact) mass is 152 g/mol. The van der Waals surface area contributed by atoms with E-state index in [1.165, 1.54) is 0 Å². The molecule has 0 atom stereocenters. The largest absolute Gasteiger partial charge is 0.344 e. The van der Waals surface area contributed by atoms with Crippen LogP contribution < -0.4 is 11.5 Å². The highest BCUT2D eigenvalue weighted by Crippen LogP contribution is 2.38. The molecule has 0 radical (unpaired) electrons. The lowest BCUT2D eigenvalue weighted by atomic mass is 10.8. The molecule has 5 heteroatoms. The van der Waals surface area contributed by atoms with Gasteiger partial charge in [0.25, 0.3) is 0 Å². The highest BCUT2D eigenvalue weighted by molar-refractivity contribution is 7.58. The maximum atomic E-state index is 10.8. The fourth-order valence-corrected chi connectivity index (χ4v) is 1.55. The highest BCUT2D eigenvalue weighted by Gasteiger charge is 2.14. The van der Waals surface area contributed by atoms with Gasteiger partial charge in [-0.25, -0.2) is 0 Å². The van der Waals surface area contributed by atoms with E-state index in [2.05, 4.69) is 0 Å². The van der Waals surface area contributed by atoms with Gasteiger partial charge in [-0.1, -0.05) is 0 Å². The minimum absolute atomic E-state index is 0.185. The van der Waals surface area contributed by atoms with Crippen molar-refractivity contribution in [2.45, 2.75) is 0 Å². The molecule has 0 aliphatic heterocycles. The van der Waals surface area contributed by atoms with Crippen molar-refractivity contribution in [1.29, 1.82) is 0 Å². The smallest absolute Gasteiger partial charge is 0.203 e. The molecule has 0 aromatic heterocycles. The molecular weight excluding hydrogens is 139 g/mol. The van der Waals surface area contributed by atoms with Crippen molar-refractivity contribution in [3.05, 3.63) is 0 Å². The third-order valence-corrected chi connectivity index (χ3v) is 2.87. The Morgan fingerprint density at radius 1 is 1.22 bits per heavy atom. The van der Waals surface area contributed by atoms with Crippen molar-refractivity contribution in [2.75, 3.05) is 25.4 Å². The summed E-state index contributed by atoms with van der Waals surface area (Å²) in [6.45, 7) is 0.515. The molecule has 0 aromatic rings. The van der Waals surface area contributed by atoms with Crippen LogP contribution in [0.4, 0.5) is 0 Å². The van der Waals surface area contributed by atoms with E-state index in [0.717, 1.165) is 0 Å². The summed E-state index contributed by atoms with van der Waals surface area (Å²) >= 11 is 0. The fraction of sp³-hybridized carbons (Fsp3) is 1.00. The van der Waals surface area contributed by atoms with Crippen molar-refractivity contribution in [3.8, 4) is 0 Å². The third kappa shape index (κ3) is 4.60. The van der Waals surface area contributed by atoms with E-state index >= 15 is 0 Å². The molecule has 0 saturated heterocycles. The molecule has 0 saturated carbocycles. The van der Waals surface area contributed by atoms with Crippen LogP contribution in [0.3, 0.4) is 0 Å². The van der Waals surface area contributed by atoms with E-state index in [4.69, 9.17) is 16.4 Å². The summed E-state index contributed by atoms with van der Waals surface area (Å²) in [6.07, 6.45) is 0.369. The van der Waals surface area contributed by atoms with E-state index in [9.17, 15) is 4.57 Å². The first-order valence-electron chi connectivity index (χ1n) is 2.83. The lowest BCUT2D eigenvalue weighted by Gasteiger charge is -2.06. The van der Waals surface area contributed by atoms with Crippen LogP contribution in [0.25, 0.3) is 0 Å². The Bertz CT molecular complexity index is 107. The lowest BCUT2D eigenvalue weighted by Crippen LogP contribution is -2.12. The highest BCUT2D eigenvalue weighted by atomic mass is 31.2. The average molecular weight is 152 g/mol. The summed E-state index contributed by atoms with van der Waals surface area (Å²) in [6, 6.07) is 0. The molecule has 0 aliphatic rings. The number of hydrogen-bond acceptors (Lipinski definition) is 3. The number of nitrogens with two attached hydrogens (primary N) is 2. The first-order valence-corrected chi connectivity index (χ1v) is 4.86. The van der Waals surface area contributed by atoms with Crippen molar-refractivity contribution < 1.29 is 9.46 Å². The Morgan fingerprint density at radius 2 is 1.56 bits per heavy atom. The maximum absolute atomic E-state index is 10.8. The summed E-state index contributed by atoms with van der Waals surface area (Å²) in [5, 5.41) is 0. The van der Waals surface area contributed by atoms with E-state index in [1.54, 1.807) is 0 Å². The average Bonchev–Trinajstić information content (AvgIpc) is 1.64. The molecule has 4 nitrogen and oxygen atoms in total. The molecule has 0 aromatic carbocycles. The van der Waals surface area contributed by atoms with Gasteiger partial charge in [-0.05, 0) is 0 Å². The van der Waals surface area contributed by atoms with Crippen LogP contribution >= 0.6 is 7.37 Å². The number of rotatable bonds is 4. The van der Waals surface area contributed by atoms with Gasteiger partial charge in [0.2, 0.25) is 7.37 Å². The Hall–Kier alpha value is 0.110. The van der Waals surface area contributed by atoms with Crippen LogP contribution in [0.5, 0.6) is 0 Å². The molecule has 0 unspecified atom stereocenters. The predicted octanol–water partition coefficient (Wildman–Crippen LogP) is -0.826. The topological polar surface area (TPSA) is 89.3 Å². The van der Waals surface area contributed by atoms with E-state index in [1.807, 2.05) is 0 Å². The Balaban J connectivity index is 3.58.